The second kappa shape index (κ2) is 8.79. The van der Waals surface area contributed by atoms with Crippen molar-refractivity contribution in [3.05, 3.63) is 59.6 Å². The van der Waals surface area contributed by atoms with Crippen LogP contribution < -0.4 is 20.3 Å². The molecule has 0 aliphatic heterocycles. The van der Waals surface area contributed by atoms with Crippen molar-refractivity contribution in [2.24, 2.45) is 0 Å². The van der Waals surface area contributed by atoms with Gasteiger partial charge in [-0.2, -0.15) is 0 Å². The van der Waals surface area contributed by atoms with E-state index in [4.69, 9.17) is 21.1 Å². The highest BCUT2D eigenvalue weighted by Gasteiger charge is 2.15. The fourth-order valence-corrected chi connectivity index (χ4v) is 1.83. The van der Waals surface area contributed by atoms with Gasteiger partial charge in [0.2, 0.25) is 0 Å². The molecule has 0 spiro atoms. The summed E-state index contributed by atoms with van der Waals surface area (Å²) < 4.78 is 10.7. The third kappa shape index (κ3) is 5.81. The van der Waals surface area contributed by atoms with Crippen LogP contribution in [0.3, 0.4) is 0 Å². The van der Waals surface area contributed by atoms with Gasteiger partial charge in [0.15, 0.2) is 12.7 Å². The Morgan fingerprint density at radius 1 is 1.00 bits per heavy atom. The topological polar surface area (TPSA) is 76.7 Å². The molecule has 2 aromatic carbocycles. The van der Waals surface area contributed by atoms with Crippen LogP contribution in [0.15, 0.2) is 54.6 Å². The summed E-state index contributed by atoms with van der Waals surface area (Å²) in [5.74, 6) is 0.100. The molecule has 2 rings (SSSR count). The van der Waals surface area contributed by atoms with E-state index in [0.29, 0.717) is 16.5 Å². The first-order valence-corrected chi connectivity index (χ1v) is 7.61. The van der Waals surface area contributed by atoms with E-state index in [2.05, 4.69) is 10.9 Å². The Morgan fingerprint density at radius 2 is 1.67 bits per heavy atom. The van der Waals surface area contributed by atoms with Crippen molar-refractivity contribution < 1.29 is 19.1 Å². The van der Waals surface area contributed by atoms with E-state index in [1.165, 1.54) is 0 Å². The number of hydrogen-bond acceptors (Lipinski definition) is 4. The molecule has 24 heavy (non-hydrogen) atoms. The van der Waals surface area contributed by atoms with E-state index in [-0.39, 0.29) is 6.61 Å². The second-order valence-electron chi connectivity index (χ2n) is 4.85. The lowest BCUT2D eigenvalue weighted by Gasteiger charge is -2.15. The largest absolute Gasteiger partial charge is 0.484 e. The molecule has 0 saturated heterocycles. The number of para-hydroxylation sites is 1. The molecular weight excluding hydrogens is 332 g/mol. The minimum Gasteiger partial charge on any atom is -0.484 e. The first-order chi connectivity index (χ1) is 11.5. The Bertz CT molecular complexity index is 677. The Kier molecular flexibility index (Phi) is 6.45. The summed E-state index contributed by atoms with van der Waals surface area (Å²) >= 11 is 5.75. The van der Waals surface area contributed by atoms with Gasteiger partial charge in [0.05, 0.1) is 0 Å². The van der Waals surface area contributed by atoms with Gasteiger partial charge < -0.3 is 9.47 Å². The van der Waals surface area contributed by atoms with Crippen LogP contribution in [0.25, 0.3) is 0 Å². The highest BCUT2D eigenvalue weighted by atomic mass is 35.5. The van der Waals surface area contributed by atoms with Crippen molar-refractivity contribution in [2.45, 2.75) is 13.0 Å². The number of carbonyl (C=O) groups excluding carboxylic acids is 2. The molecule has 1 unspecified atom stereocenters. The highest BCUT2D eigenvalue weighted by molar-refractivity contribution is 6.30. The van der Waals surface area contributed by atoms with Crippen LogP contribution in [0.1, 0.15) is 6.92 Å². The summed E-state index contributed by atoms with van der Waals surface area (Å²) in [6.07, 6.45) is -0.759. The molecule has 126 valence electrons. The number of hydrogen-bond donors (Lipinski definition) is 2. The molecule has 0 heterocycles. The first-order valence-electron chi connectivity index (χ1n) is 7.23. The molecule has 2 N–H and O–H groups in total. The number of ether oxygens (including phenoxy) is 2. The predicted octanol–water partition coefficient (Wildman–Crippen LogP) is 2.33. The third-order valence-corrected chi connectivity index (χ3v) is 3.19. The van der Waals surface area contributed by atoms with Crippen LogP contribution in [0.4, 0.5) is 0 Å². The number of halogens is 1. The van der Waals surface area contributed by atoms with Gasteiger partial charge in [-0.25, -0.2) is 0 Å². The zero-order chi connectivity index (χ0) is 17.4. The molecule has 7 heteroatoms. The normalized spacial score (nSPS) is 11.2. The SMILES string of the molecule is CC(Oc1ccccc1)C(=O)NNC(=O)COc1ccc(Cl)cc1. The minimum absolute atomic E-state index is 0.240. The van der Waals surface area contributed by atoms with Gasteiger partial charge in [-0.15, -0.1) is 0 Å². The predicted molar refractivity (Wildman–Crippen MR) is 89.8 cm³/mol. The van der Waals surface area contributed by atoms with Gasteiger partial charge in [-0.05, 0) is 43.3 Å². The second-order valence-corrected chi connectivity index (χ2v) is 5.29. The molecular formula is C17H17ClN2O4. The monoisotopic (exact) mass is 348 g/mol. The molecule has 1 atom stereocenters. The van der Waals surface area contributed by atoms with E-state index >= 15 is 0 Å². The number of amides is 2. The smallest absolute Gasteiger partial charge is 0.279 e. The molecule has 0 saturated carbocycles. The Balaban J connectivity index is 1.70. The van der Waals surface area contributed by atoms with Gasteiger partial charge >= 0.3 is 0 Å². The van der Waals surface area contributed by atoms with Gasteiger partial charge in [0.25, 0.3) is 11.8 Å². The molecule has 0 aliphatic rings. The van der Waals surface area contributed by atoms with Crippen molar-refractivity contribution in [3.63, 3.8) is 0 Å². The molecule has 0 fully saturated rings. The summed E-state index contributed by atoms with van der Waals surface area (Å²) in [4.78, 5) is 23.5. The first kappa shape index (κ1) is 17.6. The summed E-state index contributed by atoms with van der Waals surface area (Å²) in [6, 6.07) is 15.5. The average molecular weight is 349 g/mol. The van der Waals surface area contributed by atoms with Crippen LogP contribution in [-0.2, 0) is 9.59 Å². The molecule has 2 amide bonds. The average Bonchev–Trinajstić information content (AvgIpc) is 2.60. The summed E-state index contributed by atoms with van der Waals surface area (Å²) in [7, 11) is 0. The van der Waals surface area contributed by atoms with Crippen LogP contribution >= 0.6 is 11.6 Å². The minimum atomic E-state index is -0.759. The van der Waals surface area contributed by atoms with E-state index in [9.17, 15) is 9.59 Å². The number of hydrazine groups is 1. The lowest BCUT2D eigenvalue weighted by Crippen LogP contribution is -2.48. The van der Waals surface area contributed by atoms with Crippen LogP contribution in [0, 0.1) is 0 Å². The number of rotatable bonds is 6. The zero-order valence-electron chi connectivity index (χ0n) is 13.0. The van der Waals surface area contributed by atoms with E-state index < -0.39 is 17.9 Å². The maximum Gasteiger partial charge on any atom is 0.279 e. The standard InChI is InChI=1S/C17H17ClN2O4/c1-12(24-15-5-3-2-4-6-15)17(22)20-19-16(21)11-23-14-9-7-13(18)8-10-14/h2-10,12H,11H2,1H3,(H,19,21)(H,20,22). The quantitative estimate of drug-likeness (QED) is 0.785. The van der Waals surface area contributed by atoms with Gasteiger partial charge in [0, 0.05) is 5.02 Å². The van der Waals surface area contributed by atoms with Crippen LogP contribution in [0.2, 0.25) is 5.02 Å². The fraction of sp³-hybridized carbons (Fsp3) is 0.176. The van der Waals surface area contributed by atoms with Gasteiger partial charge in [0.1, 0.15) is 11.5 Å². The lowest BCUT2D eigenvalue weighted by atomic mass is 10.3. The van der Waals surface area contributed by atoms with Crippen LogP contribution in [0.5, 0.6) is 11.5 Å². The van der Waals surface area contributed by atoms with Crippen molar-refractivity contribution >= 4 is 23.4 Å². The molecule has 0 radical (unpaired) electrons. The number of benzene rings is 2. The summed E-state index contributed by atoms with van der Waals surface area (Å²) in [5, 5.41) is 0.575. The number of nitrogens with one attached hydrogen (secondary N) is 2. The van der Waals surface area contributed by atoms with E-state index in [1.54, 1.807) is 55.5 Å². The van der Waals surface area contributed by atoms with Crippen molar-refractivity contribution in [1.82, 2.24) is 10.9 Å². The fourth-order valence-electron chi connectivity index (χ4n) is 1.71. The van der Waals surface area contributed by atoms with E-state index in [0.717, 1.165) is 0 Å². The molecule has 0 aliphatic carbocycles. The zero-order valence-corrected chi connectivity index (χ0v) is 13.7. The Labute approximate surface area is 144 Å². The summed E-state index contributed by atoms with van der Waals surface area (Å²) in [5.41, 5.74) is 4.54. The van der Waals surface area contributed by atoms with Crippen molar-refractivity contribution in [3.8, 4) is 11.5 Å². The van der Waals surface area contributed by atoms with Crippen molar-refractivity contribution in [2.75, 3.05) is 6.61 Å². The van der Waals surface area contributed by atoms with E-state index in [1.807, 2.05) is 6.07 Å². The summed E-state index contributed by atoms with van der Waals surface area (Å²) in [6.45, 7) is 1.34. The highest BCUT2D eigenvalue weighted by Crippen LogP contribution is 2.15. The molecule has 6 nitrogen and oxygen atoms in total. The molecule has 0 bridgehead atoms. The Hall–Kier alpha value is -2.73. The lowest BCUT2D eigenvalue weighted by molar-refractivity contribution is -0.133. The van der Waals surface area contributed by atoms with Gasteiger partial charge in [-0.3, -0.25) is 20.4 Å². The number of carbonyl (C=O) groups is 2. The maximum absolute atomic E-state index is 11.9. The molecule has 2 aromatic rings. The molecule has 0 aromatic heterocycles. The van der Waals surface area contributed by atoms with Crippen molar-refractivity contribution in [1.29, 1.82) is 0 Å². The maximum atomic E-state index is 11.9. The van der Waals surface area contributed by atoms with Gasteiger partial charge in [-0.1, -0.05) is 29.8 Å². The Morgan fingerprint density at radius 3 is 2.33 bits per heavy atom. The van der Waals surface area contributed by atoms with Crippen LogP contribution in [-0.4, -0.2) is 24.5 Å². The third-order valence-electron chi connectivity index (χ3n) is 2.93.